The van der Waals surface area contributed by atoms with Gasteiger partial charge in [-0.2, -0.15) is 0 Å². The van der Waals surface area contributed by atoms with Crippen molar-refractivity contribution >= 4 is 0 Å². The fourth-order valence-corrected chi connectivity index (χ4v) is 2.22. The van der Waals surface area contributed by atoms with Gasteiger partial charge >= 0.3 is 0 Å². The standard InChI is InChI=1S/C10H14O3/c1-10(2)12-7-4-3-6(8-5-11-8)9(7)13-10/h3-4,6-9H,5H2,1-2H3/t6-,7-,8?,9?/m0/s1. The highest BCUT2D eigenvalue weighted by atomic mass is 16.8. The van der Waals surface area contributed by atoms with Gasteiger partial charge in [0.15, 0.2) is 5.79 Å². The van der Waals surface area contributed by atoms with Gasteiger partial charge in [-0.3, -0.25) is 0 Å². The Hall–Kier alpha value is -0.380. The molecule has 13 heavy (non-hydrogen) atoms. The molecule has 3 rings (SSSR count). The second-order valence-electron chi connectivity index (χ2n) is 4.40. The highest BCUT2D eigenvalue weighted by Gasteiger charge is 2.51. The number of rotatable bonds is 1. The van der Waals surface area contributed by atoms with E-state index >= 15 is 0 Å². The maximum Gasteiger partial charge on any atom is 0.164 e. The Balaban J connectivity index is 1.79. The molecule has 0 radical (unpaired) electrons. The summed E-state index contributed by atoms with van der Waals surface area (Å²) in [6.07, 6.45) is 4.98. The Bertz CT molecular complexity index is 255. The van der Waals surface area contributed by atoms with Crippen LogP contribution in [-0.2, 0) is 14.2 Å². The van der Waals surface area contributed by atoms with E-state index in [4.69, 9.17) is 14.2 Å². The second-order valence-corrected chi connectivity index (χ2v) is 4.40. The summed E-state index contributed by atoms with van der Waals surface area (Å²) in [7, 11) is 0. The SMILES string of the molecule is CC1(C)OC2[C@H](C3CO3)C=C[C@@H]2O1. The van der Waals surface area contributed by atoms with Crippen molar-refractivity contribution in [3.05, 3.63) is 12.2 Å². The van der Waals surface area contributed by atoms with Crippen LogP contribution in [0.3, 0.4) is 0 Å². The van der Waals surface area contributed by atoms with Crippen LogP contribution in [0.4, 0.5) is 0 Å². The molecule has 0 N–H and O–H groups in total. The highest BCUT2D eigenvalue weighted by molar-refractivity contribution is 5.15. The third-order valence-corrected chi connectivity index (χ3v) is 2.85. The average Bonchev–Trinajstić information content (AvgIpc) is 2.72. The first-order valence-electron chi connectivity index (χ1n) is 4.81. The minimum absolute atomic E-state index is 0.143. The van der Waals surface area contributed by atoms with E-state index in [2.05, 4.69) is 12.2 Å². The van der Waals surface area contributed by atoms with Crippen molar-refractivity contribution in [2.24, 2.45) is 5.92 Å². The molecule has 2 saturated heterocycles. The number of hydrogen-bond donors (Lipinski definition) is 0. The lowest BCUT2D eigenvalue weighted by molar-refractivity contribution is -0.148. The number of ether oxygens (including phenoxy) is 3. The van der Waals surface area contributed by atoms with E-state index in [0.717, 1.165) is 6.61 Å². The fraction of sp³-hybridized carbons (Fsp3) is 0.800. The molecule has 4 atom stereocenters. The monoisotopic (exact) mass is 182 g/mol. The molecule has 2 heterocycles. The minimum atomic E-state index is -0.423. The predicted octanol–water partition coefficient (Wildman–Crippen LogP) is 1.09. The van der Waals surface area contributed by atoms with E-state index in [9.17, 15) is 0 Å². The molecule has 0 spiro atoms. The van der Waals surface area contributed by atoms with E-state index < -0.39 is 5.79 Å². The normalized spacial score (nSPS) is 50.9. The Kier molecular flexibility index (Phi) is 1.44. The van der Waals surface area contributed by atoms with Crippen molar-refractivity contribution in [2.75, 3.05) is 6.61 Å². The molecule has 0 aromatic rings. The molecule has 0 amide bonds. The molecule has 2 fully saturated rings. The Labute approximate surface area is 77.7 Å². The van der Waals surface area contributed by atoms with Crippen LogP contribution in [0.15, 0.2) is 12.2 Å². The summed E-state index contributed by atoms with van der Waals surface area (Å²) in [5.74, 6) is -0.0143. The summed E-state index contributed by atoms with van der Waals surface area (Å²) < 4.78 is 16.8. The molecular formula is C10H14O3. The first-order valence-corrected chi connectivity index (χ1v) is 4.81. The van der Waals surface area contributed by atoms with Gasteiger partial charge in [-0.05, 0) is 13.8 Å². The molecule has 3 aliphatic rings. The topological polar surface area (TPSA) is 31.0 Å². The minimum Gasteiger partial charge on any atom is -0.372 e. The van der Waals surface area contributed by atoms with Gasteiger partial charge in [0.25, 0.3) is 0 Å². The van der Waals surface area contributed by atoms with Crippen molar-refractivity contribution in [3.8, 4) is 0 Å². The largest absolute Gasteiger partial charge is 0.372 e. The van der Waals surface area contributed by atoms with Crippen LogP contribution in [0.5, 0.6) is 0 Å². The number of hydrogen-bond acceptors (Lipinski definition) is 3. The van der Waals surface area contributed by atoms with Gasteiger partial charge in [-0.25, -0.2) is 0 Å². The van der Waals surface area contributed by atoms with E-state index in [1.807, 2.05) is 13.8 Å². The van der Waals surface area contributed by atoms with Crippen LogP contribution in [0, 0.1) is 5.92 Å². The Morgan fingerprint density at radius 1 is 1.23 bits per heavy atom. The summed E-state index contributed by atoms with van der Waals surface area (Å²) in [6, 6.07) is 0. The van der Waals surface area contributed by atoms with Crippen molar-refractivity contribution in [1.29, 1.82) is 0 Å². The molecule has 2 aliphatic heterocycles. The first-order chi connectivity index (χ1) is 6.16. The van der Waals surface area contributed by atoms with E-state index in [1.54, 1.807) is 0 Å². The summed E-state index contributed by atoms with van der Waals surface area (Å²) >= 11 is 0. The summed E-state index contributed by atoms with van der Waals surface area (Å²) in [6.45, 7) is 4.80. The Morgan fingerprint density at radius 3 is 2.69 bits per heavy atom. The second kappa shape index (κ2) is 2.35. The third-order valence-electron chi connectivity index (χ3n) is 2.85. The third kappa shape index (κ3) is 1.23. The maximum absolute atomic E-state index is 5.82. The van der Waals surface area contributed by atoms with Crippen LogP contribution >= 0.6 is 0 Å². The quantitative estimate of drug-likeness (QED) is 0.449. The molecule has 1 aliphatic carbocycles. The summed E-state index contributed by atoms with van der Waals surface area (Å²) in [5, 5.41) is 0. The highest BCUT2D eigenvalue weighted by Crippen LogP contribution is 2.41. The van der Waals surface area contributed by atoms with Crippen LogP contribution in [0.2, 0.25) is 0 Å². The van der Waals surface area contributed by atoms with Gasteiger partial charge in [-0.15, -0.1) is 0 Å². The van der Waals surface area contributed by atoms with Gasteiger partial charge in [-0.1, -0.05) is 12.2 Å². The zero-order valence-electron chi connectivity index (χ0n) is 7.90. The van der Waals surface area contributed by atoms with Gasteiger partial charge in [0.1, 0.15) is 6.10 Å². The van der Waals surface area contributed by atoms with Crippen LogP contribution < -0.4 is 0 Å². The molecule has 72 valence electrons. The van der Waals surface area contributed by atoms with Gasteiger partial charge in [0.2, 0.25) is 0 Å². The van der Waals surface area contributed by atoms with Gasteiger partial charge in [0.05, 0.1) is 18.8 Å². The molecular weight excluding hydrogens is 168 g/mol. The smallest absolute Gasteiger partial charge is 0.164 e. The van der Waals surface area contributed by atoms with E-state index in [-0.39, 0.29) is 12.2 Å². The summed E-state index contributed by atoms with van der Waals surface area (Å²) in [4.78, 5) is 0. The van der Waals surface area contributed by atoms with Crippen LogP contribution in [-0.4, -0.2) is 30.7 Å². The van der Waals surface area contributed by atoms with Crippen molar-refractivity contribution in [3.63, 3.8) is 0 Å². The molecule has 3 heteroatoms. The van der Waals surface area contributed by atoms with Crippen molar-refractivity contribution < 1.29 is 14.2 Å². The van der Waals surface area contributed by atoms with E-state index in [0.29, 0.717) is 12.0 Å². The Morgan fingerprint density at radius 2 is 2.00 bits per heavy atom. The summed E-state index contributed by atoms with van der Waals surface area (Å²) in [5.41, 5.74) is 0. The fourth-order valence-electron chi connectivity index (χ4n) is 2.22. The van der Waals surface area contributed by atoms with Crippen LogP contribution in [0.1, 0.15) is 13.8 Å². The predicted molar refractivity (Wildman–Crippen MR) is 46.2 cm³/mol. The number of fused-ring (bicyclic) bond motifs is 1. The molecule has 0 aromatic carbocycles. The van der Waals surface area contributed by atoms with Crippen molar-refractivity contribution in [2.45, 2.75) is 37.9 Å². The lowest BCUT2D eigenvalue weighted by Crippen LogP contribution is -2.28. The molecule has 2 unspecified atom stereocenters. The maximum atomic E-state index is 5.82. The van der Waals surface area contributed by atoms with E-state index in [1.165, 1.54) is 0 Å². The lowest BCUT2D eigenvalue weighted by atomic mass is 10.0. The average molecular weight is 182 g/mol. The zero-order chi connectivity index (χ0) is 9.05. The molecule has 0 bridgehead atoms. The van der Waals surface area contributed by atoms with Crippen molar-refractivity contribution in [1.82, 2.24) is 0 Å². The molecule has 0 aromatic heterocycles. The molecule has 0 saturated carbocycles. The lowest BCUT2D eigenvalue weighted by Gasteiger charge is -2.19. The first kappa shape index (κ1) is 7.97. The van der Waals surface area contributed by atoms with Crippen LogP contribution in [0.25, 0.3) is 0 Å². The number of epoxide rings is 1. The molecule has 3 nitrogen and oxygen atoms in total. The van der Waals surface area contributed by atoms with Gasteiger partial charge < -0.3 is 14.2 Å². The van der Waals surface area contributed by atoms with Gasteiger partial charge in [0, 0.05) is 5.92 Å². The zero-order valence-corrected chi connectivity index (χ0v) is 7.90.